The van der Waals surface area contributed by atoms with Gasteiger partial charge in [0, 0.05) is 5.92 Å². The minimum Gasteiger partial charge on any atom is -0.495 e. The van der Waals surface area contributed by atoms with Crippen LogP contribution in [-0.4, -0.2) is 30.9 Å². The van der Waals surface area contributed by atoms with Crippen molar-refractivity contribution in [2.24, 2.45) is 5.92 Å². The van der Waals surface area contributed by atoms with Gasteiger partial charge in [-0.3, -0.25) is 0 Å². The first kappa shape index (κ1) is 17.9. The molecule has 0 spiro atoms. The smallest absolute Gasteiger partial charge is 0.258 e. The molecule has 1 aliphatic rings. The number of aliphatic hydroxyl groups is 1. The Bertz CT molecular complexity index is 673. The summed E-state index contributed by atoms with van der Waals surface area (Å²) in [5, 5.41) is 11.2. The van der Waals surface area contributed by atoms with Crippen LogP contribution in [0, 0.1) is 5.92 Å². The number of hydrogen-bond acceptors (Lipinski definition) is 3. The Morgan fingerprint density at radius 2 is 1.48 bits per heavy atom. The van der Waals surface area contributed by atoms with Gasteiger partial charge >= 0.3 is 0 Å². The summed E-state index contributed by atoms with van der Waals surface area (Å²) in [5.41, 5.74) is 0. The molecule has 0 saturated carbocycles. The molecule has 25 heavy (non-hydrogen) atoms. The zero-order valence-corrected chi connectivity index (χ0v) is 15.8. The first-order valence-electron chi connectivity index (χ1n) is 8.75. The Balaban J connectivity index is 2.03. The molecule has 2 aromatic carbocycles. The number of aliphatic hydroxyl groups excluding tert-OH is 1. The Morgan fingerprint density at radius 3 is 1.96 bits per heavy atom. The zero-order valence-electron chi connectivity index (χ0n) is 14.8. The highest BCUT2D eigenvalue weighted by Crippen LogP contribution is 2.43. The van der Waals surface area contributed by atoms with Crippen molar-refractivity contribution in [2.75, 3.05) is 6.61 Å². The fourth-order valence-corrected chi connectivity index (χ4v) is 7.67. The van der Waals surface area contributed by atoms with E-state index in [-0.39, 0.29) is 23.7 Å². The van der Waals surface area contributed by atoms with Gasteiger partial charge in [0.1, 0.15) is 6.10 Å². The van der Waals surface area contributed by atoms with Gasteiger partial charge in [-0.15, -0.1) is 0 Å². The fourth-order valence-electron chi connectivity index (χ4n) is 3.89. The minimum atomic E-state index is -3.01. The molecule has 4 heteroatoms. The summed E-state index contributed by atoms with van der Waals surface area (Å²) in [5.74, 6) is 0.103. The maximum atomic E-state index is 12.1. The van der Waals surface area contributed by atoms with E-state index in [9.17, 15) is 9.90 Å². The Kier molecular flexibility index (Phi) is 5.13. The lowest BCUT2D eigenvalue weighted by Gasteiger charge is -2.42. The average molecular weight is 355 g/mol. The lowest BCUT2D eigenvalue weighted by atomic mass is 9.92. The van der Waals surface area contributed by atoms with E-state index in [1.165, 1.54) is 0 Å². The lowest BCUT2D eigenvalue weighted by molar-refractivity contribution is 0.0629. The van der Waals surface area contributed by atoms with Crippen molar-refractivity contribution < 1.29 is 14.6 Å². The molecule has 1 aliphatic heterocycles. The summed E-state index contributed by atoms with van der Waals surface area (Å²) >= 11 is 0. The molecule has 2 aromatic rings. The van der Waals surface area contributed by atoms with Crippen LogP contribution in [0.4, 0.5) is 0 Å². The molecule has 3 nitrogen and oxygen atoms in total. The second-order valence-electron chi connectivity index (χ2n) is 7.38. The van der Waals surface area contributed by atoms with Crippen LogP contribution in [0.3, 0.4) is 0 Å². The van der Waals surface area contributed by atoms with Gasteiger partial charge in [0.15, 0.2) is 0 Å². The highest BCUT2D eigenvalue weighted by molar-refractivity contribution is 6.98. The molecular formula is C21H26O3Si. The van der Waals surface area contributed by atoms with Gasteiger partial charge in [0.25, 0.3) is 8.32 Å². The van der Waals surface area contributed by atoms with Crippen molar-refractivity contribution >= 4 is 18.7 Å². The van der Waals surface area contributed by atoms with Crippen LogP contribution >= 0.6 is 0 Å². The van der Waals surface area contributed by atoms with E-state index < -0.39 is 8.32 Å². The van der Waals surface area contributed by atoms with Gasteiger partial charge in [-0.1, -0.05) is 74.5 Å². The van der Waals surface area contributed by atoms with E-state index in [2.05, 4.69) is 13.8 Å². The summed E-state index contributed by atoms with van der Waals surface area (Å²) in [4.78, 5) is 12.1. The van der Waals surface area contributed by atoms with E-state index in [4.69, 9.17) is 4.74 Å². The molecule has 3 rings (SSSR count). The van der Waals surface area contributed by atoms with Crippen molar-refractivity contribution in [3.05, 3.63) is 73.0 Å². The van der Waals surface area contributed by atoms with Crippen LogP contribution in [0.1, 0.15) is 20.3 Å². The topological polar surface area (TPSA) is 49.7 Å². The molecule has 0 fully saturated rings. The van der Waals surface area contributed by atoms with E-state index in [0.717, 1.165) is 16.8 Å². The van der Waals surface area contributed by atoms with Crippen molar-refractivity contribution in [1.29, 1.82) is 0 Å². The van der Waals surface area contributed by atoms with E-state index in [1.807, 2.05) is 66.7 Å². The SMILES string of the molecule is CC(C)(CC1C=CO[C@@H]1CO)[Si](O)(c1ccccc1)c1ccccc1. The maximum absolute atomic E-state index is 12.1. The third-order valence-electron chi connectivity index (χ3n) is 5.35. The third kappa shape index (κ3) is 3.30. The first-order chi connectivity index (χ1) is 12.0. The maximum Gasteiger partial charge on any atom is 0.258 e. The molecule has 1 unspecified atom stereocenters. The summed E-state index contributed by atoms with van der Waals surface area (Å²) in [6, 6.07) is 20.0. The summed E-state index contributed by atoms with van der Waals surface area (Å²) < 4.78 is 5.49. The highest BCUT2D eigenvalue weighted by Gasteiger charge is 2.51. The first-order valence-corrected chi connectivity index (χ1v) is 10.7. The molecule has 0 aliphatic carbocycles. The van der Waals surface area contributed by atoms with Gasteiger partial charge in [-0.25, -0.2) is 0 Å². The van der Waals surface area contributed by atoms with Crippen molar-refractivity contribution in [1.82, 2.24) is 0 Å². The quantitative estimate of drug-likeness (QED) is 0.784. The lowest BCUT2D eigenvalue weighted by Crippen LogP contribution is -2.65. The standard InChI is InChI=1S/C21H26O3Si/c1-21(2,15-17-13-14-24-20(17)16-22)25(23,18-9-5-3-6-10-18)19-11-7-4-8-12-19/h3-14,17,20,22-23H,15-16H2,1-2H3/t17?,20-/m1/s1. The number of ether oxygens (including phenoxy) is 1. The predicted molar refractivity (Wildman–Crippen MR) is 103 cm³/mol. The molecule has 2 atom stereocenters. The monoisotopic (exact) mass is 354 g/mol. The van der Waals surface area contributed by atoms with E-state index in [1.54, 1.807) is 6.26 Å². The van der Waals surface area contributed by atoms with Crippen LogP contribution in [0.5, 0.6) is 0 Å². The molecule has 0 saturated heterocycles. The molecule has 0 radical (unpaired) electrons. The van der Waals surface area contributed by atoms with Crippen LogP contribution < -0.4 is 10.4 Å². The largest absolute Gasteiger partial charge is 0.495 e. The fraction of sp³-hybridized carbons (Fsp3) is 0.333. The van der Waals surface area contributed by atoms with Crippen LogP contribution in [0.25, 0.3) is 0 Å². The normalized spacial score (nSPS) is 20.5. The molecule has 0 bridgehead atoms. The molecule has 2 N–H and O–H groups in total. The van der Waals surface area contributed by atoms with Gasteiger partial charge in [0.05, 0.1) is 12.9 Å². The number of benzene rings is 2. The number of hydrogen-bond donors (Lipinski definition) is 2. The van der Waals surface area contributed by atoms with Crippen molar-refractivity contribution in [2.45, 2.75) is 31.4 Å². The molecule has 132 valence electrons. The van der Waals surface area contributed by atoms with Crippen molar-refractivity contribution in [3.63, 3.8) is 0 Å². The van der Waals surface area contributed by atoms with E-state index >= 15 is 0 Å². The second-order valence-corrected chi connectivity index (χ2v) is 11.3. The van der Waals surface area contributed by atoms with Crippen LogP contribution in [0.15, 0.2) is 73.0 Å². The van der Waals surface area contributed by atoms with Gasteiger partial charge in [-0.05, 0) is 27.9 Å². The third-order valence-corrected chi connectivity index (χ3v) is 9.85. The van der Waals surface area contributed by atoms with Crippen LogP contribution in [0.2, 0.25) is 5.04 Å². The van der Waals surface area contributed by atoms with Gasteiger partial charge in [-0.2, -0.15) is 0 Å². The zero-order chi connectivity index (χ0) is 17.9. The summed E-state index contributed by atoms with van der Waals surface area (Å²) in [6.45, 7) is 4.27. The van der Waals surface area contributed by atoms with Gasteiger partial charge < -0.3 is 14.6 Å². The molecule has 0 aromatic heterocycles. The number of rotatable bonds is 6. The summed E-state index contributed by atoms with van der Waals surface area (Å²) in [6.07, 6.45) is 4.21. The summed E-state index contributed by atoms with van der Waals surface area (Å²) in [7, 11) is -3.01. The average Bonchev–Trinajstić information content (AvgIpc) is 3.08. The Morgan fingerprint density at radius 1 is 0.960 bits per heavy atom. The predicted octanol–water partition coefficient (Wildman–Crippen LogP) is 2.43. The Labute approximate surface area is 150 Å². The van der Waals surface area contributed by atoms with Crippen LogP contribution in [-0.2, 0) is 4.74 Å². The molecule has 1 heterocycles. The molecule has 0 amide bonds. The second kappa shape index (κ2) is 7.16. The van der Waals surface area contributed by atoms with Crippen molar-refractivity contribution in [3.8, 4) is 0 Å². The Hall–Kier alpha value is -1.88. The molecular weight excluding hydrogens is 328 g/mol. The van der Waals surface area contributed by atoms with Gasteiger partial charge in [0.2, 0.25) is 0 Å². The minimum absolute atomic E-state index is 0.00952. The van der Waals surface area contributed by atoms with E-state index in [0.29, 0.717) is 0 Å². The highest BCUT2D eigenvalue weighted by atomic mass is 28.4.